The highest BCUT2D eigenvalue weighted by atomic mass is 32.2. The van der Waals surface area contributed by atoms with Crippen LogP contribution in [0.2, 0.25) is 0 Å². The van der Waals surface area contributed by atoms with Crippen LogP contribution in [0, 0.1) is 0 Å². The summed E-state index contributed by atoms with van der Waals surface area (Å²) in [7, 11) is -3.82. The number of carbonyl (C=O) groups is 1. The number of nitrogens with one attached hydrogen (secondary N) is 1. The first kappa shape index (κ1) is 12.9. The summed E-state index contributed by atoms with van der Waals surface area (Å²) in [5.41, 5.74) is 10.2. The summed E-state index contributed by atoms with van der Waals surface area (Å²) in [4.78, 5) is 14.2. The van der Waals surface area contributed by atoms with Crippen molar-refractivity contribution in [3.8, 4) is 0 Å². The number of sulfonamides is 1. The molecule has 9 heteroatoms. The maximum Gasteiger partial charge on any atom is 0.348 e. The number of hydrogen-bond acceptors (Lipinski definition) is 3. The molecule has 0 aromatic heterocycles. The first-order valence-corrected chi connectivity index (χ1v) is 5.87. The van der Waals surface area contributed by atoms with E-state index in [9.17, 15) is 13.2 Å². The van der Waals surface area contributed by atoms with Gasteiger partial charge in [0, 0.05) is 5.69 Å². The Kier molecular flexibility index (Phi) is 3.66. The number of nitrogens with zero attached hydrogens (tertiary/aromatic N) is 1. The van der Waals surface area contributed by atoms with Crippen LogP contribution in [-0.2, 0) is 10.0 Å². The Hall–Kier alpha value is -2.13. The summed E-state index contributed by atoms with van der Waals surface area (Å²) in [5.74, 6) is -0.398. The van der Waals surface area contributed by atoms with E-state index in [1.807, 2.05) is 0 Å². The van der Waals surface area contributed by atoms with Gasteiger partial charge in [0.15, 0.2) is 5.96 Å². The van der Waals surface area contributed by atoms with Gasteiger partial charge in [-0.15, -0.1) is 0 Å². The molecule has 0 spiro atoms. The summed E-state index contributed by atoms with van der Waals surface area (Å²) in [5, 5.41) is 7.21. The lowest BCUT2D eigenvalue weighted by Crippen LogP contribution is -2.25. The van der Waals surface area contributed by atoms with Crippen molar-refractivity contribution in [3.63, 3.8) is 0 Å². The van der Waals surface area contributed by atoms with Crippen LogP contribution >= 0.6 is 0 Å². The van der Waals surface area contributed by atoms with Gasteiger partial charge >= 0.3 is 6.03 Å². The van der Waals surface area contributed by atoms with E-state index in [0.29, 0.717) is 0 Å². The molecule has 0 fully saturated rings. The molecule has 0 aliphatic rings. The largest absolute Gasteiger partial charge is 0.370 e. The van der Waals surface area contributed by atoms with Crippen molar-refractivity contribution >= 4 is 27.7 Å². The Morgan fingerprint density at radius 2 is 1.94 bits per heavy atom. The highest BCUT2D eigenvalue weighted by Crippen LogP contribution is 2.14. The minimum Gasteiger partial charge on any atom is -0.370 e. The van der Waals surface area contributed by atoms with Gasteiger partial charge in [0.1, 0.15) is 0 Å². The number of guanidine groups is 1. The molecule has 0 radical (unpaired) electrons. The molecule has 0 saturated carbocycles. The maximum absolute atomic E-state index is 11.1. The SMILES string of the molecule is NC(N)=NC(=O)Nc1cccc(S(N)(=O)=O)c1. The summed E-state index contributed by atoms with van der Waals surface area (Å²) < 4.78 is 22.1. The maximum atomic E-state index is 11.1. The number of nitrogens with two attached hydrogens (primary N) is 3. The predicted molar refractivity (Wildman–Crippen MR) is 62.6 cm³/mol. The molecule has 17 heavy (non-hydrogen) atoms. The number of amides is 2. The lowest BCUT2D eigenvalue weighted by Gasteiger charge is -2.03. The van der Waals surface area contributed by atoms with Crippen LogP contribution < -0.4 is 21.9 Å². The number of hydrogen-bond donors (Lipinski definition) is 4. The van der Waals surface area contributed by atoms with Gasteiger partial charge in [0.2, 0.25) is 10.0 Å². The monoisotopic (exact) mass is 257 g/mol. The van der Waals surface area contributed by atoms with E-state index in [2.05, 4.69) is 10.3 Å². The minimum atomic E-state index is -3.82. The highest BCUT2D eigenvalue weighted by molar-refractivity contribution is 7.89. The van der Waals surface area contributed by atoms with Crippen molar-refractivity contribution in [1.82, 2.24) is 0 Å². The highest BCUT2D eigenvalue weighted by Gasteiger charge is 2.08. The van der Waals surface area contributed by atoms with Gasteiger partial charge in [0.25, 0.3) is 0 Å². The molecule has 0 bridgehead atoms. The van der Waals surface area contributed by atoms with E-state index in [-0.39, 0.29) is 10.6 Å². The predicted octanol–water partition coefficient (Wildman–Crippen LogP) is -0.861. The van der Waals surface area contributed by atoms with Gasteiger partial charge < -0.3 is 16.8 Å². The molecule has 1 aromatic rings. The second kappa shape index (κ2) is 4.80. The molecule has 92 valence electrons. The molecule has 7 N–H and O–H groups in total. The van der Waals surface area contributed by atoms with E-state index >= 15 is 0 Å². The molecular weight excluding hydrogens is 246 g/mol. The Labute approximate surface area is 97.5 Å². The molecule has 0 aliphatic heterocycles. The summed E-state index contributed by atoms with van der Waals surface area (Å²) >= 11 is 0. The van der Waals surface area contributed by atoms with E-state index < -0.39 is 22.0 Å². The molecule has 2 amide bonds. The zero-order valence-corrected chi connectivity index (χ0v) is 9.44. The van der Waals surface area contributed by atoms with E-state index in [1.165, 1.54) is 24.3 Å². The van der Waals surface area contributed by atoms with Crippen molar-refractivity contribution in [1.29, 1.82) is 0 Å². The molecule has 0 heterocycles. The van der Waals surface area contributed by atoms with Gasteiger partial charge in [-0.2, -0.15) is 4.99 Å². The standard InChI is InChI=1S/C8H11N5O3S/c9-7(10)13-8(14)12-5-2-1-3-6(4-5)17(11,15)16/h1-4H,(H2,11,15,16)(H5,9,10,12,13,14). The number of urea groups is 1. The molecule has 0 aliphatic carbocycles. The Morgan fingerprint density at radius 1 is 1.29 bits per heavy atom. The van der Waals surface area contributed by atoms with Crippen molar-refractivity contribution in [2.75, 3.05) is 5.32 Å². The first-order valence-electron chi connectivity index (χ1n) is 4.32. The zero-order chi connectivity index (χ0) is 13.1. The van der Waals surface area contributed by atoms with Crippen LogP contribution in [0.25, 0.3) is 0 Å². The average Bonchev–Trinajstić information content (AvgIpc) is 2.15. The van der Waals surface area contributed by atoms with Gasteiger partial charge in [0.05, 0.1) is 4.90 Å². The van der Waals surface area contributed by atoms with Gasteiger partial charge in [-0.3, -0.25) is 0 Å². The third kappa shape index (κ3) is 4.09. The third-order valence-corrected chi connectivity index (χ3v) is 2.56. The number of carbonyl (C=O) groups excluding carboxylic acids is 1. The molecular formula is C8H11N5O3S. The van der Waals surface area contributed by atoms with Gasteiger partial charge in [-0.25, -0.2) is 18.4 Å². The van der Waals surface area contributed by atoms with Crippen LogP contribution in [-0.4, -0.2) is 20.4 Å². The fourth-order valence-corrected chi connectivity index (χ4v) is 1.58. The second-order valence-electron chi connectivity index (χ2n) is 3.04. The summed E-state index contributed by atoms with van der Waals surface area (Å²) in [6, 6.07) is 4.57. The van der Waals surface area contributed by atoms with E-state index in [1.54, 1.807) is 0 Å². The lowest BCUT2D eigenvalue weighted by atomic mass is 10.3. The van der Waals surface area contributed by atoms with Crippen molar-refractivity contribution in [2.24, 2.45) is 21.6 Å². The Morgan fingerprint density at radius 3 is 2.47 bits per heavy atom. The molecule has 1 aromatic carbocycles. The quantitative estimate of drug-likeness (QED) is 0.401. The second-order valence-corrected chi connectivity index (χ2v) is 4.60. The molecule has 0 atom stereocenters. The summed E-state index contributed by atoms with van der Waals surface area (Å²) in [6.45, 7) is 0. The van der Waals surface area contributed by atoms with Crippen LogP contribution in [0.3, 0.4) is 0 Å². The molecule has 1 rings (SSSR count). The zero-order valence-electron chi connectivity index (χ0n) is 8.62. The fraction of sp³-hybridized carbons (Fsp3) is 0. The summed E-state index contributed by atoms with van der Waals surface area (Å²) in [6.07, 6.45) is 0. The van der Waals surface area contributed by atoms with Crippen molar-refractivity contribution in [3.05, 3.63) is 24.3 Å². The first-order chi connectivity index (χ1) is 7.79. The van der Waals surface area contributed by atoms with Crippen LogP contribution in [0.15, 0.2) is 34.2 Å². The normalized spacial score (nSPS) is 10.6. The average molecular weight is 257 g/mol. The Balaban J connectivity index is 2.95. The van der Waals surface area contributed by atoms with Crippen LogP contribution in [0.1, 0.15) is 0 Å². The molecule has 0 unspecified atom stereocenters. The number of aliphatic imine (C=N–C) groups is 1. The number of anilines is 1. The van der Waals surface area contributed by atoms with Gasteiger partial charge in [-0.05, 0) is 18.2 Å². The van der Waals surface area contributed by atoms with E-state index in [0.717, 1.165) is 0 Å². The van der Waals surface area contributed by atoms with Crippen LogP contribution in [0.5, 0.6) is 0 Å². The molecule has 8 nitrogen and oxygen atoms in total. The third-order valence-electron chi connectivity index (χ3n) is 1.64. The lowest BCUT2D eigenvalue weighted by molar-refractivity contribution is 0.259. The van der Waals surface area contributed by atoms with Crippen molar-refractivity contribution < 1.29 is 13.2 Å². The number of benzene rings is 1. The topological polar surface area (TPSA) is 154 Å². The van der Waals surface area contributed by atoms with Gasteiger partial charge in [-0.1, -0.05) is 6.07 Å². The number of primary sulfonamides is 1. The van der Waals surface area contributed by atoms with Crippen LogP contribution in [0.4, 0.5) is 10.5 Å². The van der Waals surface area contributed by atoms with E-state index in [4.69, 9.17) is 16.6 Å². The fourth-order valence-electron chi connectivity index (χ4n) is 1.02. The van der Waals surface area contributed by atoms with Crippen molar-refractivity contribution in [2.45, 2.75) is 4.90 Å². The minimum absolute atomic E-state index is 0.125. The smallest absolute Gasteiger partial charge is 0.348 e. The Bertz CT molecular complexity index is 562. The number of rotatable bonds is 2. The molecule has 0 saturated heterocycles.